The topological polar surface area (TPSA) is 63.4 Å². The molecule has 0 spiro atoms. The van der Waals surface area contributed by atoms with E-state index < -0.39 is 10.0 Å². The second-order valence-electron chi connectivity index (χ2n) is 4.77. The molecule has 0 aliphatic rings. The summed E-state index contributed by atoms with van der Waals surface area (Å²) >= 11 is 7.26. The maximum absolute atomic E-state index is 12.7. The highest BCUT2D eigenvalue weighted by molar-refractivity contribution is 7.89. The molecule has 0 aliphatic carbocycles. The Morgan fingerprint density at radius 3 is 2.57 bits per heavy atom. The van der Waals surface area contributed by atoms with Crippen molar-refractivity contribution in [3.8, 4) is 0 Å². The zero-order valence-electron chi connectivity index (χ0n) is 11.8. The summed E-state index contributed by atoms with van der Waals surface area (Å²) in [6.07, 6.45) is 0. The Kier molecular flexibility index (Phi) is 5.06. The first-order chi connectivity index (χ1) is 9.84. The number of aryl methyl sites for hydroxylation is 1. The molecular formula is C14H17ClN2O2S2. The maximum Gasteiger partial charge on any atom is 0.243 e. The lowest BCUT2D eigenvalue weighted by Crippen LogP contribution is -2.27. The number of nitrogens with two attached hydrogens (primary N) is 1. The number of rotatable bonds is 5. The van der Waals surface area contributed by atoms with Crippen molar-refractivity contribution in [2.24, 2.45) is 5.73 Å². The highest BCUT2D eigenvalue weighted by Gasteiger charge is 2.23. The van der Waals surface area contributed by atoms with E-state index in [1.165, 1.54) is 15.6 Å². The summed E-state index contributed by atoms with van der Waals surface area (Å²) in [5.74, 6) is 0. The van der Waals surface area contributed by atoms with Gasteiger partial charge >= 0.3 is 0 Å². The summed E-state index contributed by atoms with van der Waals surface area (Å²) in [7, 11) is -1.98. The van der Waals surface area contributed by atoms with Crippen LogP contribution in [0.3, 0.4) is 0 Å². The van der Waals surface area contributed by atoms with E-state index in [2.05, 4.69) is 0 Å². The van der Waals surface area contributed by atoms with Crippen LogP contribution < -0.4 is 5.73 Å². The van der Waals surface area contributed by atoms with E-state index in [1.54, 1.807) is 32.2 Å². The zero-order valence-corrected chi connectivity index (χ0v) is 14.2. The van der Waals surface area contributed by atoms with Gasteiger partial charge in [0.2, 0.25) is 10.0 Å². The molecule has 2 rings (SSSR count). The summed E-state index contributed by atoms with van der Waals surface area (Å²) in [6.45, 7) is 2.39. The third kappa shape index (κ3) is 3.64. The molecule has 0 radical (unpaired) electrons. The minimum Gasteiger partial charge on any atom is -0.326 e. The Labute approximate surface area is 134 Å². The van der Waals surface area contributed by atoms with Crippen LogP contribution in [0, 0.1) is 6.92 Å². The van der Waals surface area contributed by atoms with Crippen LogP contribution >= 0.6 is 22.9 Å². The molecule has 2 N–H and O–H groups in total. The molecule has 7 heteroatoms. The SMILES string of the molecule is Cc1ccc(CN)cc1S(=O)(=O)N(C)Cc1ccc(Cl)s1. The average molecular weight is 345 g/mol. The van der Waals surface area contributed by atoms with Crippen molar-refractivity contribution in [2.75, 3.05) is 7.05 Å². The predicted molar refractivity (Wildman–Crippen MR) is 87.1 cm³/mol. The molecule has 2 aromatic rings. The van der Waals surface area contributed by atoms with Gasteiger partial charge in [-0.3, -0.25) is 0 Å². The molecule has 0 saturated carbocycles. The Morgan fingerprint density at radius 2 is 2.00 bits per heavy atom. The Balaban J connectivity index is 2.32. The van der Waals surface area contributed by atoms with Crippen LogP contribution in [0.5, 0.6) is 0 Å². The van der Waals surface area contributed by atoms with E-state index in [4.69, 9.17) is 17.3 Å². The summed E-state index contributed by atoms with van der Waals surface area (Å²) in [5.41, 5.74) is 7.10. The molecule has 0 fully saturated rings. The van der Waals surface area contributed by atoms with Gasteiger partial charge in [-0.25, -0.2) is 8.42 Å². The van der Waals surface area contributed by atoms with Gasteiger partial charge in [-0.05, 0) is 36.2 Å². The van der Waals surface area contributed by atoms with Crippen LogP contribution in [-0.2, 0) is 23.1 Å². The van der Waals surface area contributed by atoms with Crippen molar-refractivity contribution in [2.45, 2.75) is 24.9 Å². The fourth-order valence-corrected chi connectivity index (χ4v) is 4.60. The number of nitrogens with zero attached hydrogens (tertiary/aromatic N) is 1. The monoisotopic (exact) mass is 344 g/mol. The molecule has 1 heterocycles. The van der Waals surface area contributed by atoms with Crippen molar-refractivity contribution in [3.05, 3.63) is 50.7 Å². The van der Waals surface area contributed by atoms with Crippen LogP contribution in [0.25, 0.3) is 0 Å². The fraction of sp³-hybridized carbons (Fsp3) is 0.286. The lowest BCUT2D eigenvalue weighted by Gasteiger charge is -2.18. The summed E-state index contributed by atoms with van der Waals surface area (Å²) in [5, 5.41) is 0. The van der Waals surface area contributed by atoms with Crippen LogP contribution in [0.4, 0.5) is 0 Å². The van der Waals surface area contributed by atoms with Crippen molar-refractivity contribution in [1.82, 2.24) is 4.31 Å². The average Bonchev–Trinajstić information content (AvgIpc) is 2.84. The maximum atomic E-state index is 12.7. The second kappa shape index (κ2) is 6.46. The molecule has 1 aromatic carbocycles. The van der Waals surface area contributed by atoms with Crippen LogP contribution in [0.1, 0.15) is 16.0 Å². The first kappa shape index (κ1) is 16.5. The molecule has 21 heavy (non-hydrogen) atoms. The van der Waals surface area contributed by atoms with Gasteiger partial charge in [-0.2, -0.15) is 4.31 Å². The highest BCUT2D eigenvalue weighted by Crippen LogP contribution is 2.26. The Hall–Kier alpha value is -0.920. The number of hydrogen-bond acceptors (Lipinski definition) is 4. The third-order valence-corrected chi connectivity index (χ3v) is 6.35. The van der Waals surface area contributed by atoms with Crippen LogP contribution in [0.2, 0.25) is 4.34 Å². The van der Waals surface area contributed by atoms with Crippen molar-refractivity contribution < 1.29 is 8.42 Å². The normalized spacial score (nSPS) is 12.0. The number of sulfonamides is 1. The van der Waals surface area contributed by atoms with Crippen molar-refractivity contribution in [1.29, 1.82) is 0 Å². The molecule has 0 bridgehead atoms. The third-order valence-electron chi connectivity index (χ3n) is 3.18. The first-order valence-corrected chi connectivity index (χ1v) is 8.98. The predicted octanol–water partition coefficient (Wildman–Crippen LogP) is 2.99. The first-order valence-electron chi connectivity index (χ1n) is 6.34. The Bertz CT molecular complexity index is 741. The van der Waals surface area contributed by atoms with Crippen molar-refractivity contribution >= 4 is 33.0 Å². The zero-order chi connectivity index (χ0) is 15.6. The van der Waals surface area contributed by atoms with E-state index in [1.807, 2.05) is 12.1 Å². The minimum absolute atomic E-state index is 0.298. The molecule has 0 atom stereocenters. The van der Waals surface area contributed by atoms with Gasteiger partial charge in [0.15, 0.2) is 0 Å². The molecule has 4 nitrogen and oxygen atoms in total. The largest absolute Gasteiger partial charge is 0.326 e. The van der Waals surface area contributed by atoms with Crippen LogP contribution in [-0.4, -0.2) is 19.8 Å². The van der Waals surface area contributed by atoms with Crippen molar-refractivity contribution in [3.63, 3.8) is 0 Å². The van der Waals surface area contributed by atoms with Gasteiger partial charge in [0.05, 0.1) is 9.23 Å². The quantitative estimate of drug-likeness (QED) is 0.906. The number of benzene rings is 1. The fourth-order valence-electron chi connectivity index (χ4n) is 1.96. The van der Waals surface area contributed by atoms with Gasteiger partial charge in [0, 0.05) is 25.0 Å². The molecule has 0 aliphatic heterocycles. The second-order valence-corrected chi connectivity index (χ2v) is 8.58. The van der Waals surface area contributed by atoms with E-state index in [9.17, 15) is 8.42 Å². The van der Waals surface area contributed by atoms with E-state index >= 15 is 0 Å². The lowest BCUT2D eigenvalue weighted by molar-refractivity contribution is 0.469. The van der Waals surface area contributed by atoms with Crippen LogP contribution in [0.15, 0.2) is 35.2 Å². The molecule has 0 saturated heterocycles. The molecule has 0 amide bonds. The number of thiophene rings is 1. The smallest absolute Gasteiger partial charge is 0.243 e. The van der Waals surface area contributed by atoms with Gasteiger partial charge in [-0.1, -0.05) is 23.7 Å². The standard InChI is InChI=1S/C14H17ClN2O2S2/c1-10-3-4-11(8-16)7-13(10)21(18,19)17(2)9-12-5-6-14(15)20-12/h3-7H,8-9,16H2,1-2H3. The summed E-state index contributed by atoms with van der Waals surface area (Å²) < 4.78 is 27.4. The molecular weight excluding hydrogens is 328 g/mol. The van der Waals surface area contributed by atoms with E-state index in [0.29, 0.717) is 27.9 Å². The number of halogens is 1. The highest BCUT2D eigenvalue weighted by atomic mass is 35.5. The Morgan fingerprint density at radius 1 is 1.29 bits per heavy atom. The summed E-state index contributed by atoms with van der Waals surface area (Å²) in [4.78, 5) is 1.20. The van der Waals surface area contributed by atoms with Gasteiger partial charge < -0.3 is 5.73 Å². The van der Waals surface area contributed by atoms with Gasteiger partial charge in [0.1, 0.15) is 0 Å². The summed E-state index contributed by atoms with van der Waals surface area (Å²) in [6, 6.07) is 8.87. The molecule has 114 valence electrons. The number of hydrogen-bond donors (Lipinski definition) is 1. The minimum atomic E-state index is -3.55. The van der Waals surface area contributed by atoms with Gasteiger partial charge in [-0.15, -0.1) is 11.3 Å². The molecule has 1 aromatic heterocycles. The molecule has 0 unspecified atom stereocenters. The van der Waals surface area contributed by atoms with Gasteiger partial charge in [0.25, 0.3) is 0 Å². The van der Waals surface area contributed by atoms with E-state index in [0.717, 1.165) is 10.4 Å². The lowest BCUT2D eigenvalue weighted by atomic mass is 10.1. The van der Waals surface area contributed by atoms with E-state index in [-0.39, 0.29) is 0 Å².